The Morgan fingerprint density at radius 3 is 1.90 bits per heavy atom. The van der Waals surface area contributed by atoms with Crippen LogP contribution in [0.15, 0.2) is 218 Å². The number of aromatic nitrogens is 5. The van der Waals surface area contributed by atoms with Crippen molar-refractivity contribution in [1.29, 1.82) is 0 Å². The number of ether oxygens (including phenoxy) is 1. The fourth-order valence-corrected chi connectivity index (χ4v) is 9.20. The molecule has 13 rings (SSSR count). The number of imidazole rings is 1. The van der Waals surface area contributed by atoms with Crippen molar-refractivity contribution in [3.05, 3.63) is 242 Å². The van der Waals surface area contributed by atoms with Crippen LogP contribution in [-0.2, 0) is 26.5 Å². The van der Waals surface area contributed by atoms with Gasteiger partial charge >= 0.3 is 0 Å². The molecule has 13 aromatic rings. The van der Waals surface area contributed by atoms with Gasteiger partial charge < -0.3 is 18.4 Å². The quantitative estimate of drug-likeness (QED) is 0.112. The molecule has 0 radical (unpaired) electrons. The van der Waals surface area contributed by atoms with Crippen molar-refractivity contribution in [3.8, 4) is 56.6 Å². The molecule has 0 saturated heterocycles. The van der Waals surface area contributed by atoms with E-state index in [1.54, 1.807) is 88.1 Å². The summed E-state index contributed by atoms with van der Waals surface area (Å²) >= 11 is 0. The number of hydrogen-bond acceptors (Lipinski definition) is 2. The fraction of sp³-hybridized carbons (Fsp3) is 0.0625. The molecule has 0 unspecified atom stereocenters. The molecule has 9 aromatic carbocycles. The number of fused-ring (bicyclic) bond motifs is 7. The van der Waals surface area contributed by atoms with E-state index in [-0.39, 0.29) is 87.7 Å². The molecule has 0 atom stereocenters. The molecular weight excluding hydrogens is 1050 g/mol. The number of pyridine rings is 1. The number of benzene rings is 9. The summed E-state index contributed by atoms with van der Waals surface area (Å²) in [7, 11) is 0. The largest absolute Gasteiger partial charge is 0.510 e. The minimum Gasteiger partial charge on any atom is -0.510 e. The van der Waals surface area contributed by atoms with E-state index >= 15 is 0 Å². The van der Waals surface area contributed by atoms with Gasteiger partial charge in [0.15, 0.2) is 0 Å². The summed E-state index contributed by atoms with van der Waals surface area (Å²) in [6, 6.07) is 26.6. The third-order valence-electron chi connectivity index (χ3n) is 12.3. The predicted molar refractivity (Wildman–Crippen MR) is 284 cm³/mol. The molecule has 0 aliphatic rings. The topological polar surface area (TPSA) is 40.8 Å². The zero-order chi connectivity index (χ0) is 62.6. The average Bonchev–Trinajstić information content (AvgIpc) is 1.57. The van der Waals surface area contributed by atoms with Gasteiger partial charge in [-0.2, -0.15) is 18.2 Å². The number of rotatable bonds is 8. The minimum atomic E-state index is -0.617. The maximum absolute atomic E-state index is 9.32. The van der Waals surface area contributed by atoms with E-state index in [1.165, 1.54) is 10.6 Å². The van der Waals surface area contributed by atoms with Crippen LogP contribution >= 0.6 is 0 Å². The van der Waals surface area contributed by atoms with E-state index in [1.807, 2.05) is 28.8 Å². The van der Waals surface area contributed by atoms with Crippen LogP contribution in [0.2, 0.25) is 0 Å². The first-order valence-electron chi connectivity index (χ1n) is 31.2. The molecule has 0 spiro atoms. The molecular formula is C64H45N5OPt-2. The van der Waals surface area contributed by atoms with Crippen molar-refractivity contribution in [2.45, 2.75) is 26.2 Å². The standard InChI is InChI=1S/C64H45N5O.Pt/c1-64(2,3)45-37-38-65-61(39-45)69-60-41-48(35-36-53(60)54-29-18-34-59(63(54)69)68-55-30-12-10-25-51(55)52-26-11-13-31-56(52)68)70-47-24-16-23-46(40-47)66-42-67(58-33-15-14-32-57(58)66)62-49(43-19-6-4-7-20-43)27-17-28-50(62)44-21-8-5-9-22-44;/h4-39H,1-3H3;/q-2;/i4D,5D,6D,7D,8D,9D,10D,11D,12D,13D,19D,20D,21D,22D,25D,26D,30D,31D;. The molecule has 4 aromatic heterocycles. The molecule has 7 heteroatoms. The molecule has 0 fully saturated rings. The summed E-state index contributed by atoms with van der Waals surface area (Å²) < 4.78 is 173. The molecule has 0 saturated carbocycles. The van der Waals surface area contributed by atoms with Crippen LogP contribution in [0.5, 0.6) is 11.5 Å². The molecule has 4 heterocycles. The molecule has 0 amide bonds. The first-order chi connectivity index (χ1) is 41.8. The Morgan fingerprint density at radius 1 is 0.563 bits per heavy atom. The fourth-order valence-electron chi connectivity index (χ4n) is 9.20. The van der Waals surface area contributed by atoms with E-state index in [0.29, 0.717) is 50.0 Å². The molecule has 0 aliphatic carbocycles. The van der Waals surface area contributed by atoms with Gasteiger partial charge in [-0.1, -0.05) is 178 Å². The molecule has 0 aliphatic heterocycles. The normalized spacial score (nSPS) is 15.3. The van der Waals surface area contributed by atoms with Crippen LogP contribution in [0.3, 0.4) is 0 Å². The van der Waals surface area contributed by atoms with E-state index in [4.69, 9.17) is 31.7 Å². The van der Waals surface area contributed by atoms with Gasteiger partial charge in [-0.15, -0.1) is 29.7 Å². The zero-order valence-electron chi connectivity index (χ0n) is 55.9. The second-order valence-corrected chi connectivity index (χ2v) is 17.5. The summed E-state index contributed by atoms with van der Waals surface area (Å²) in [6.07, 6.45) is 5.05. The van der Waals surface area contributed by atoms with Gasteiger partial charge in [0, 0.05) is 49.5 Å². The SMILES string of the molecule is [2H]c1c([2H])c([2H])c(-c2cccc(-c3c([2H])c([2H])c([2H])c([2H])c3[2H])c2-[n+]2[c-]n(-c3[c-]c(Oc4[c-]c5c(cc4)c4cccc(-n6c7c([2H])c([2H])c([2H])c([2H])c7c7c([2H])c([2H])c([2H])c([2H])c76)c4n5-c4cc(C(C)(C)C)ccn4)ccc3)c3ccccc32)c([2H])c1[2H].[Pt]. The molecule has 71 heavy (non-hydrogen) atoms. The third-order valence-corrected chi connectivity index (χ3v) is 12.3. The Balaban J connectivity index is 0.00000769. The maximum Gasteiger partial charge on any atom is 0.268 e. The van der Waals surface area contributed by atoms with Crippen LogP contribution in [0, 0.1) is 18.5 Å². The average molecular weight is 1110 g/mol. The van der Waals surface area contributed by atoms with Crippen molar-refractivity contribution < 1.29 is 55.0 Å². The Hall–Kier alpha value is -8.31. The first kappa shape index (κ1) is 28.4. The third kappa shape index (κ3) is 7.46. The van der Waals surface area contributed by atoms with E-state index in [2.05, 4.69) is 39.2 Å². The Morgan fingerprint density at radius 2 is 1.20 bits per heavy atom. The van der Waals surface area contributed by atoms with Gasteiger partial charge in [-0.3, -0.25) is 4.57 Å². The second kappa shape index (κ2) is 17.6. The molecule has 344 valence electrons. The monoisotopic (exact) mass is 1110 g/mol. The van der Waals surface area contributed by atoms with Crippen LogP contribution in [0.4, 0.5) is 0 Å². The number of para-hydroxylation sites is 6. The van der Waals surface area contributed by atoms with E-state index in [9.17, 15) is 2.74 Å². The predicted octanol–water partition coefficient (Wildman–Crippen LogP) is 15.3. The summed E-state index contributed by atoms with van der Waals surface area (Å²) in [6.45, 7) is 6.18. The van der Waals surface area contributed by atoms with Crippen molar-refractivity contribution in [3.63, 3.8) is 0 Å². The number of nitrogens with zero attached hydrogens (tertiary/aromatic N) is 5. The van der Waals surface area contributed by atoms with Gasteiger partial charge in [0.25, 0.3) is 6.33 Å². The summed E-state index contributed by atoms with van der Waals surface area (Å²) in [4.78, 5) is 4.90. The van der Waals surface area contributed by atoms with Gasteiger partial charge in [-0.25, -0.2) is 4.98 Å². The van der Waals surface area contributed by atoms with Crippen LogP contribution < -0.4 is 9.30 Å². The minimum absolute atomic E-state index is 0. The smallest absolute Gasteiger partial charge is 0.268 e. The Labute approximate surface area is 451 Å². The summed E-state index contributed by atoms with van der Waals surface area (Å²) in [5, 5.41) is 1.14. The van der Waals surface area contributed by atoms with Gasteiger partial charge in [0.2, 0.25) is 0 Å². The Bertz CT molecular complexity index is 5020. The van der Waals surface area contributed by atoms with E-state index < -0.39 is 109 Å². The molecule has 6 nitrogen and oxygen atoms in total. The first-order valence-corrected chi connectivity index (χ1v) is 22.2. The van der Waals surface area contributed by atoms with E-state index in [0.717, 1.165) is 5.56 Å². The van der Waals surface area contributed by atoms with Crippen molar-refractivity contribution in [2.75, 3.05) is 0 Å². The van der Waals surface area contributed by atoms with Crippen LogP contribution in [0.1, 0.15) is 51.0 Å². The van der Waals surface area contributed by atoms with Crippen LogP contribution in [0.25, 0.3) is 99.8 Å². The zero-order valence-corrected chi connectivity index (χ0v) is 40.1. The van der Waals surface area contributed by atoms with Gasteiger partial charge in [0.05, 0.1) is 63.6 Å². The summed E-state index contributed by atoms with van der Waals surface area (Å²) in [5.74, 6) is 0.846. The van der Waals surface area contributed by atoms with Gasteiger partial charge in [-0.05, 0) is 74.6 Å². The van der Waals surface area contributed by atoms with Crippen LogP contribution in [-0.4, -0.2) is 18.7 Å². The second-order valence-electron chi connectivity index (χ2n) is 17.5. The van der Waals surface area contributed by atoms with Crippen molar-refractivity contribution >= 4 is 54.6 Å². The molecule has 0 N–H and O–H groups in total. The van der Waals surface area contributed by atoms with Crippen molar-refractivity contribution in [1.82, 2.24) is 18.7 Å². The van der Waals surface area contributed by atoms with Gasteiger partial charge in [0.1, 0.15) is 5.82 Å². The molecule has 0 bridgehead atoms. The summed E-state index contributed by atoms with van der Waals surface area (Å²) in [5.41, 5.74) is 2.89. The number of hydrogen-bond donors (Lipinski definition) is 0. The maximum atomic E-state index is 9.32. The Kier molecular flexibility index (Phi) is 7.03. The van der Waals surface area contributed by atoms with Crippen molar-refractivity contribution in [2.24, 2.45) is 0 Å².